The molecule has 1 aromatic rings. The molecule has 1 N–H and O–H groups in total. The van der Waals surface area contributed by atoms with Crippen molar-refractivity contribution in [2.75, 3.05) is 6.54 Å². The van der Waals surface area contributed by atoms with Gasteiger partial charge in [0.05, 0.1) is 6.26 Å². The summed E-state index contributed by atoms with van der Waals surface area (Å²) < 4.78 is 5.07. The maximum Gasteiger partial charge on any atom is 0.286 e. The Morgan fingerprint density at radius 3 is 2.79 bits per heavy atom. The zero-order valence-corrected chi connectivity index (χ0v) is 8.96. The summed E-state index contributed by atoms with van der Waals surface area (Å²) in [6, 6.07) is 1.74. The van der Waals surface area contributed by atoms with Crippen LogP contribution in [0.2, 0.25) is 0 Å². The summed E-state index contributed by atoms with van der Waals surface area (Å²) in [6.07, 6.45) is 2.57. The van der Waals surface area contributed by atoms with Crippen molar-refractivity contribution in [3.8, 4) is 0 Å². The minimum Gasteiger partial charge on any atom is -0.459 e. The lowest BCUT2D eigenvalue weighted by atomic mass is 10.1. The summed E-state index contributed by atoms with van der Waals surface area (Å²) in [5, 5.41) is 2.81. The summed E-state index contributed by atoms with van der Waals surface area (Å²) in [5.74, 6) is 0.874. The minimum absolute atomic E-state index is 0.126. The first kappa shape index (κ1) is 10.8. The van der Waals surface area contributed by atoms with E-state index in [0.29, 0.717) is 18.2 Å². The molecule has 0 aliphatic rings. The fraction of sp³-hybridized carbons (Fsp3) is 0.545. The minimum atomic E-state index is -0.126. The third-order valence-corrected chi connectivity index (χ3v) is 1.96. The number of rotatable bonds is 4. The monoisotopic (exact) mass is 195 g/mol. The van der Waals surface area contributed by atoms with E-state index in [0.717, 1.165) is 12.0 Å². The molecule has 0 unspecified atom stereocenters. The molecule has 0 atom stereocenters. The van der Waals surface area contributed by atoms with Gasteiger partial charge in [-0.15, -0.1) is 0 Å². The van der Waals surface area contributed by atoms with Crippen molar-refractivity contribution in [2.24, 2.45) is 5.92 Å². The van der Waals surface area contributed by atoms with E-state index in [1.54, 1.807) is 12.3 Å². The molecule has 14 heavy (non-hydrogen) atoms. The third-order valence-electron chi connectivity index (χ3n) is 1.96. The highest BCUT2D eigenvalue weighted by molar-refractivity contribution is 5.91. The molecule has 1 aromatic heterocycles. The van der Waals surface area contributed by atoms with Crippen LogP contribution in [0.15, 0.2) is 16.7 Å². The summed E-state index contributed by atoms with van der Waals surface area (Å²) >= 11 is 0. The Kier molecular flexibility index (Phi) is 3.74. The third kappa shape index (κ3) is 3.24. The first-order valence-electron chi connectivity index (χ1n) is 4.93. The molecule has 0 aliphatic carbocycles. The van der Waals surface area contributed by atoms with Gasteiger partial charge in [-0.3, -0.25) is 4.79 Å². The highest BCUT2D eigenvalue weighted by Gasteiger charge is 2.08. The molecule has 0 bridgehead atoms. The lowest BCUT2D eigenvalue weighted by molar-refractivity contribution is 0.0924. The van der Waals surface area contributed by atoms with Crippen LogP contribution in [0.1, 0.15) is 36.4 Å². The molecule has 0 fully saturated rings. The van der Waals surface area contributed by atoms with Gasteiger partial charge in [0.1, 0.15) is 0 Å². The Balaban J connectivity index is 2.36. The second-order valence-corrected chi connectivity index (χ2v) is 3.93. The summed E-state index contributed by atoms with van der Waals surface area (Å²) in [7, 11) is 0. The molecule has 0 radical (unpaired) electrons. The number of carbonyl (C=O) groups is 1. The lowest BCUT2D eigenvalue weighted by Gasteiger charge is -2.04. The van der Waals surface area contributed by atoms with Crippen LogP contribution in [0.25, 0.3) is 0 Å². The fourth-order valence-electron chi connectivity index (χ4n) is 1.11. The van der Waals surface area contributed by atoms with E-state index in [4.69, 9.17) is 4.42 Å². The van der Waals surface area contributed by atoms with Gasteiger partial charge in [-0.1, -0.05) is 13.8 Å². The molecule has 0 aliphatic heterocycles. The van der Waals surface area contributed by atoms with Gasteiger partial charge in [-0.2, -0.15) is 0 Å². The summed E-state index contributed by atoms with van der Waals surface area (Å²) in [4.78, 5) is 11.4. The van der Waals surface area contributed by atoms with Gasteiger partial charge in [-0.05, 0) is 30.9 Å². The van der Waals surface area contributed by atoms with Crippen molar-refractivity contribution >= 4 is 5.91 Å². The van der Waals surface area contributed by atoms with Gasteiger partial charge in [0, 0.05) is 6.54 Å². The number of furan rings is 1. The number of aryl methyl sites for hydroxylation is 1. The average molecular weight is 195 g/mol. The van der Waals surface area contributed by atoms with Crippen LogP contribution < -0.4 is 5.32 Å². The van der Waals surface area contributed by atoms with Crippen molar-refractivity contribution < 1.29 is 9.21 Å². The number of hydrogen-bond donors (Lipinski definition) is 1. The van der Waals surface area contributed by atoms with E-state index in [1.165, 1.54) is 0 Å². The number of carbonyl (C=O) groups excluding carboxylic acids is 1. The first-order chi connectivity index (χ1) is 6.59. The zero-order chi connectivity index (χ0) is 10.6. The topological polar surface area (TPSA) is 42.2 Å². The highest BCUT2D eigenvalue weighted by Crippen LogP contribution is 2.06. The quantitative estimate of drug-likeness (QED) is 0.801. The van der Waals surface area contributed by atoms with Crippen LogP contribution in [-0.2, 0) is 0 Å². The largest absolute Gasteiger partial charge is 0.459 e. The predicted molar refractivity (Wildman–Crippen MR) is 55.2 cm³/mol. The second-order valence-electron chi connectivity index (χ2n) is 3.93. The molecule has 1 heterocycles. The number of amides is 1. The highest BCUT2D eigenvalue weighted by atomic mass is 16.3. The summed E-state index contributed by atoms with van der Waals surface area (Å²) in [5.41, 5.74) is 0.971. The van der Waals surface area contributed by atoms with E-state index in [9.17, 15) is 4.79 Å². The molecule has 78 valence electrons. The van der Waals surface area contributed by atoms with Crippen molar-refractivity contribution in [1.82, 2.24) is 5.32 Å². The molecular weight excluding hydrogens is 178 g/mol. The van der Waals surface area contributed by atoms with Gasteiger partial charge in [0.2, 0.25) is 0 Å². The lowest BCUT2D eigenvalue weighted by Crippen LogP contribution is -2.24. The van der Waals surface area contributed by atoms with Crippen molar-refractivity contribution in [3.05, 3.63) is 23.7 Å². The fourth-order valence-corrected chi connectivity index (χ4v) is 1.11. The standard InChI is InChI=1S/C11H17NO2/c1-8(2)4-5-12-11(13)10-6-9(3)7-14-10/h6-8H,4-5H2,1-3H3,(H,12,13). The molecule has 1 rings (SSSR count). The molecule has 3 heteroatoms. The Morgan fingerprint density at radius 2 is 2.29 bits per heavy atom. The Hall–Kier alpha value is -1.25. The normalized spacial score (nSPS) is 10.6. The molecule has 0 saturated heterocycles. The van der Waals surface area contributed by atoms with Gasteiger partial charge in [-0.25, -0.2) is 0 Å². The second kappa shape index (κ2) is 4.84. The SMILES string of the molecule is Cc1coc(C(=O)NCCC(C)C)c1. The molecule has 1 amide bonds. The summed E-state index contributed by atoms with van der Waals surface area (Å²) in [6.45, 7) is 6.86. The van der Waals surface area contributed by atoms with E-state index in [2.05, 4.69) is 19.2 Å². The molecule has 0 spiro atoms. The van der Waals surface area contributed by atoms with E-state index < -0.39 is 0 Å². The Bertz CT molecular complexity index is 302. The average Bonchev–Trinajstić information content (AvgIpc) is 2.51. The molecular formula is C11H17NO2. The van der Waals surface area contributed by atoms with Gasteiger partial charge in [0.15, 0.2) is 5.76 Å². The van der Waals surface area contributed by atoms with Gasteiger partial charge < -0.3 is 9.73 Å². The van der Waals surface area contributed by atoms with E-state index in [-0.39, 0.29) is 5.91 Å². The predicted octanol–water partition coefficient (Wildman–Crippen LogP) is 2.36. The molecule has 3 nitrogen and oxygen atoms in total. The Morgan fingerprint density at radius 1 is 1.57 bits per heavy atom. The smallest absolute Gasteiger partial charge is 0.286 e. The maximum atomic E-state index is 11.4. The van der Waals surface area contributed by atoms with Crippen LogP contribution in [0.4, 0.5) is 0 Å². The van der Waals surface area contributed by atoms with Crippen LogP contribution >= 0.6 is 0 Å². The first-order valence-corrected chi connectivity index (χ1v) is 4.93. The number of hydrogen-bond acceptors (Lipinski definition) is 2. The maximum absolute atomic E-state index is 11.4. The van der Waals surface area contributed by atoms with Crippen molar-refractivity contribution in [3.63, 3.8) is 0 Å². The van der Waals surface area contributed by atoms with Crippen molar-refractivity contribution in [1.29, 1.82) is 0 Å². The van der Waals surface area contributed by atoms with Crippen LogP contribution in [0, 0.1) is 12.8 Å². The van der Waals surface area contributed by atoms with Crippen LogP contribution in [0.5, 0.6) is 0 Å². The van der Waals surface area contributed by atoms with E-state index >= 15 is 0 Å². The molecule has 0 saturated carbocycles. The van der Waals surface area contributed by atoms with Gasteiger partial charge in [0.25, 0.3) is 5.91 Å². The van der Waals surface area contributed by atoms with Crippen molar-refractivity contribution in [2.45, 2.75) is 27.2 Å². The van der Waals surface area contributed by atoms with Crippen LogP contribution in [-0.4, -0.2) is 12.5 Å². The van der Waals surface area contributed by atoms with Crippen LogP contribution in [0.3, 0.4) is 0 Å². The van der Waals surface area contributed by atoms with E-state index in [1.807, 2.05) is 6.92 Å². The molecule has 0 aromatic carbocycles. The zero-order valence-electron chi connectivity index (χ0n) is 8.96. The number of nitrogens with one attached hydrogen (secondary N) is 1. The van der Waals surface area contributed by atoms with Gasteiger partial charge >= 0.3 is 0 Å². The Labute approximate surface area is 84.5 Å².